The Balaban J connectivity index is 0.000000831. The van der Waals surface area contributed by atoms with E-state index in [2.05, 4.69) is 99.1 Å². The molecular weight excluding hydrogens is 541 g/mol. The Morgan fingerprint density at radius 2 is 1.15 bits per heavy atom. The number of rotatable bonds is 19. The summed E-state index contributed by atoms with van der Waals surface area (Å²) < 4.78 is 18.1. The SMILES string of the molecule is C=CC(CCCO[Si](C)(C)C(C)(C)C)CCOCc1ccccc1.C=CC(CCO)CCCO[Si](C)(C)C(C)(C)C. The van der Waals surface area contributed by atoms with Crippen LogP contribution >= 0.6 is 0 Å². The van der Waals surface area contributed by atoms with Crippen LogP contribution in [0.5, 0.6) is 0 Å². The van der Waals surface area contributed by atoms with Gasteiger partial charge in [-0.3, -0.25) is 0 Å². The molecule has 1 aromatic rings. The zero-order valence-electron chi connectivity index (χ0n) is 28.6. The zero-order chi connectivity index (χ0) is 31.6. The summed E-state index contributed by atoms with van der Waals surface area (Å²) in [5.74, 6) is 0.951. The maximum Gasteiger partial charge on any atom is 0.191 e. The second-order valence-electron chi connectivity index (χ2n) is 14.3. The summed E-state index contributed by atoms with van der Waals surface area (Å²) in [6.07, 6.45) is 10.2. The lowest BCUT2D eigenvalue weighted by Crippen LogP contribution is -2.41. The van der Waals surface area contributed by atoms with E-state index in [1.807, 2.05) is 24.3 Å². The normalized spacial score (nSPS) is 14.1. The van der Waals surface area contributed by atoms with Gasteiger partial charge in [-0.05, 0) is 92.2 Å². The first kappa shape index (κ1) is 40.0. The second-order valence-corrected chi connectivity index (χ2v) is 24.0. The van der Waals surface area contributed by atoms with Gasteiger partial charge in [-0.25, -0.2) is 0 Å². The molecule has 0 spiro atoms. The molecule has 41 heavy (non-hydrogen) atoms. The molecule has 0 radical (unpaired) electrons. The number of hydrogen-bond donors (Lipinski definition) is 1. The van der Waals surface area contributed by atoms with E-state index in [1.165, 1.54) is 5.56 Å². The molecule has 2 unspecified atom stereocenters. The van der Waals surface area contributed by atoms with E-state index in [4.69, 9.17) is 18.7 Å². The van der Waals surface area contributed by atoms with Crippen molar-refractivity contribution in [1.82, 2.24) is 0 Å². The molecule has 0 heterocycles. The van der Waals surface area contributed by atoms with Crippen LogP contribution in [0.3, 0.4) is 0 Å². The molecule has 0 saturated heterocycles. The molecular formula is C35H66O4Si2. The first-order valence-electron chi connectivity index (χ1n) is 15.8. The van der Waals surface area contributed by atoms with Crippen LogP contribution in [0, 0.1) is 11.8 Å². The van der Waals surface area contributed by atoms with Gasteiger partial charge in [-0.15, -0.1) is 13.2 Å². The van der Waals surface area contributed by atoms with Crippen molar-refractivity contribution in [3.05, 3.63) is 61.2 Å². The minimum Gasteiger partial charge on any atom is -0.417 e. The summed E-state index contributed by atoms with van der Waals surface area (Å²) >= 11 is 0. The molecule has 2 atom stereocenters. The fourth-order valence-corrected chi connectivity index (χ4v) is 5.88. The van der Waals surface area contributed by atoms with Gasteiger partial charge in [0.1, 0.15) is 0 Å². The Hall–Kier alpha value is -1.03. The van der Waals surface area contributed by atoms with Crippen molar-refractivity contribution in [2.75, 3.05) is 26.4 Å². The fraction of sp³-hybridized carbons (Fsp3) is 0.714. The topological polar surface area (TPSA) is 47.9 Å². The van der Waals surface area contributed by atoms with E-state index in [1.54, 1.807) is 0 Å². The molecule has 0 aliphatic carbocycles. The van der Waals surface area contributed by atoms with Gasteiger partial charge in [0.2, 0.25) is 0 Å². The maximum absolute atomic E-state index is 8.89. The predicted octanol–water partition coefficient (Wildman–Crippen LogP) is 10.2. The van der Waals surface area contributed by atoms with Crippen molar-refractivity contribution in [2.45, 2.75) is 123 Å². The third-order valence-corrected chi connectivity index (χ3v) is 18.0. The highest BCUT2D eigenvalue weighted by atomic mass is 28.4. The Morgan fingerprint density at radius 3 is 1.54 bits per heavy atom. The van der Waals surface area contributed by atoms with Gasteiger partial charge in [-0.2, -0.15) is 0 Å². The summed E-state index contributed by atoms with van der Waals surface area (Å²) in [7, 11) is -3.19. The van der Waals surface area contributed by atoms with Gasteiger partial charge in [0, 0.05) is 26.4 Å². The minimum absolute atomic E-state index is 0.250. The molecule has 1 aromatic carbocycles. The first-order valence-corrected chi connectivity index (χ1v) is 21.6. The van der Waals surface area contributed by atoms with Crippen molar-refractivity contribution in [3.63, 3.8) is 0 Å². The van der Waals surface area contributed by atoms with Crippen molar-refractivity contribution in [1.29, 1.82) is 0 Å². The summed E-state index contributed by atoms with van der Waals surface area (Å²) in [5.41, 5.74) is 1.23. The number of ether oxygens (including phenoxy) is 1. The maximum atomic E-state index is 8.89. The third-order valence-electron chi connectivity index (χ3n) is 8.89. The monoisotopic (exact) mass is 606 g/mol. The number of benzene rings is 1. The molecule has 0 aliphatic rings. The van der Waals surface area contributed by atoms with E-state index in [0.717, 1.165) is 58.3 Å². The summed E-state index contributed by atoms with van der Waals surface area (Å²) in [6.45, 7) is 34.1. The average molecular weight is 607 g/mol. The molecule has 0 amide bonds. The van der Waals surface area contributed by atoms with Gasteiger partial charge in [0.05, 0.1) is 6.61 Å². The van der Waals surface area contributed by atoms with E-state index in [-0.39, 0.29) is 16.7 Å². The van der Waals surface area contributed by atoms with Gasteiger partial charge in [0.15, 0.2) is 16.6 Å². The zero-order valence-corrected chi connectivity index (χ0v) is 30.6. The molecule has 0 fully saturated rings. The number of hydrogen-bond acceptors (Lipinski definition) is 4. The van der Waals surface area contributed by atoms with Crippen LogP contribution in [-0.2, 0) is 20.2 Å². The second kappa shape index (κ2) is 20.0. The quantitative estimate of drug-likeness (QED) is 0.0967. The highest BCUT2D eigenvalue weighted by molar-refractivity contribution is 6.74. The highest BCUT2D eigenvalue weighted by Gasteiger charge is 2.37. The Bertz CT molecular complexity index is 810. The number of aliphatic hydroxyl groups excluding tert-OH is 1. The van der Waals surface area contributed by atoms with Gasteiger partial charge in [-0.1, -0.05) is 84.0 Å². The van der Waals surface area contributed by atoms with E-state index < -0.39 is 16.6 Å². The van der Waals surface area contributed by atoms with Crippen LogP contribution in [0.2, 0.25) is 36.3 Å². The standard InChI is InChI=1S/C21H36O2Si.C14H30O2Si/c1-7-19(14-11-16-23-24(5,6)21(2,3)4)15-17-22-18-20-12-9-8-10-13-20;1-7-13(10-11-15)9-8-12-16-17(5,6)14(2,3)4/h7-10,12-13,19H,1,11,14-18H2,2-6H3;7,13,15H,1,8-12H2,2-6H3. The lowest BCUT2D eigenvalue weighted by Gasteiger charge is -2.36. The minimum atomic E-state index is -1.61. The Morgan fingerprint density at radius 1 is 0.707 bits per heavy atom. The molecule has 4 nitrogen and oxygen atoms in total. The molecule has 0 bridgehead atoms. The van der Waals surface area contributed by atoms with Gasteiger partial charge < -0.3 is 18.7 Å². The molecule has 6 heteroatoms. The summed E-state index contributed by atoms with van der Waals surface area (Å²) in [6, 6.07) is 10.3. The van der Waals surface area contributed by atoms with Crippen molar-refractivity contribution in [3.8, 4) is 0 Å². The lowest BCUT2D eigenvalue weighted by molar-refractivity contribution is 0.110. The van der Waals surface area contributed by atoms with Gasteiger partial charge in [0.25, 0.3) is 0 Å². The highest BCUT2D eigenvalue weighted by Crippen LogP contribution is 2.37. The summed E-state index contributed by atoms with van der Waals surface area (Å²) in [4.78, 5) is 0. The molecule has 238 valence electrons. The van der Waals surface area contributed by atoms with Crippen LogP contribution in [0.15, 0.2) is 55.6 Å². The van der Waals surface area contributed by atoms with E-state index in [9.17, 15) is 0 Å². The molecule has 0 aliphatic heterocycles. The lowest BCUT2D eigenvalue weighted by atomic mass is 10.0. The molecule has 1 rings (SSSR count). The summed E-state index contributed by atoms with van der Waals surface area (Å²) in [5, 5.41) is 9.46. The van der Waals surface area contributed by atoms with Crippen LogP contribution < -0.4 is 0 Å². The van der Waals surface area contributed by atoms with Crippen LogP contribution in [0.1, 0.15) is 85.6 Å². The number of allylic oxidation sites excluding steroid dienone is 2. The van der Waals surface area contributed by atoms with E-state index >= 15 is 0 Å². The van der Waals surface area contributed by atoms with Gasteiger partial charge >= 0.3 is 0 Å². The third kappa shape index (κ3) is 17.6. The van der Waals surface area contributed by atoms with E-state index in [0.29, 0.717) is 18.4 Å². The Kier molecular flexibility index (Phi) is 19.5. The number of aliphatic hydroxyl groups is 1. The smallest absolute Gasteiger partial charge is 0.191 e. The fourth-order valence-electron chi connectivity index (χ4n) is 3.70. The molecule has 0 aromatic heterocycles. The van der Waals surface area contributed by atoms with Crippen molar-refractivity contribution in [2.24, 2.45) is 11.8 Å². The van der Waals surface area contributed by atoms with Crippen LogP contribution in [0.25, 0.3) is 0 Å². The van der Waals surface area contributed by atoms with Crippen LogP contribution in [-0.4, -0.2) is 48.2 Å². The molecule has 1 N–H and O–H groups in total. The Labute approximate surface area is 257 Å². The predicted molar refractivity (Wildman–Crippen MR) is 185 cm³/mol. The van der Waals surface area contributed by atoms with Crippen LogP contribution in [0.4, 0.5) is 0 Å². The van der Waals surface area contributed by atoms with Crippen molar-refractivity contribution >= 4 is 16.6 Å². The van der Waals surface area contributed by atoms with Crippen molar-refractivity contribution < 1.29 is 18.7 Å². The molecule has 0 saturated carbocycles. The first-order chi connectivity index (χ1) is 19.0. The largest absolute Gasteiger partial charge is 0.417 e. The average Bonchev–Trinajstić information content (AvgIpc) is 2.89.